The van der Waals surface area contributed by atoms with Gasteiger partial charge in [0.2, 0.25) is 21.9 Å². The summed E-state index contributed by atoms with van der Waals surface area (Å²) < 4.78 is 65.4. The van der Waals surface area contributed by atoms with Crippen molar-refractivity contribution < 1.29 is 26.4 Å². The molecule has 1 amide bonds. The lowest BCUT2D eigenvalue weighted by Crippen LogP contribution is -2.36. The lowest BCUT2D eigenvalue weighted by molar-refractivity contribution is -0.141. The van der Waals surface area contributed by atoms with E-state index in [-0.39, 0.29) is 11.6 Å². The SMILES string of the molecule is CC(C)(C(=O)Nc1ccc(-c2cncc(C(F)(F)F)n2)cc1)c1ccnc(NS(=O)(=O)C2CC2)n1. The van der Waals surface area contributed by atoms with Crippen LogP contribution in [0.5, 0.6) is 0 Å². The molecule has 1 aromatic carbocycles. The van der Waals surface area contributed by atoms with E-state index in [0.29, 0.717) is 36.0 Å². The molecule has 2 N–H and O–H groups in total. The lowest BCUT2D eigenvalue weighted by atomic mass is 9.88. The van der Waals surface area contributed by atoms with Crippen LogP contribution in [0.1, 0.15) is 38.1 Å². The number of sulfonamides is 1. The molecular formula is C22H21F3N6O3S. The maximum absolute atomic E-state index is 13.0. The van der Waals surface area contributed by atoms with Crippen LogP contribution in [-0.2, 0) is 26.4 Å². The predicted octanol–water partition coefficient (Wildman–Crippen LogP) is 3.77. The molecule has 13 heteroatoms. The number of rotatable bonds is 7. The minimum atomic E-state index is -4.61. The Balaban J connectivity index is 1.48. The number of anilines is 2. The molecule has 1 aliphatic rings. The van der Waals surface area contributed by atoms with Gasteiger partial charge in [0.25, 0.3) is 0 Å². The molecular weight excluding hydrogens is 485 g/mol. The second-order valence-electron chi connectivity index (χ2n) is 8.56. The summed E-state index contributed by atoms with van der Waals surface area (Å²) in [6.45, 7) is 3.24. The Hall–Kier alpha value is -3.61. The Morgan fingerprint density at radius 1 is 1.00 bits per heavy atom. The topological polar surface area (TPSA) is 127 Å². The first kappa shape index (κ1) is 24.5. The number of carbonyl (C=O) groups excluding carboxylic acids is 1. The molecule has 1 aliphatic carbocycles. The predicted molar refractivity (Wildman–Crippen MR) is 122 cm³/mol. The summed E-state index contributed by atoms with van der Waals surface area (Å²) in [5, 5.41) is 2.29. The monoisotopic (exact) mass is 506 g/mol. The van der Waals surface area contributed by atoms with Gasteiger partial charge in [-0.25, -0.2) is 23.4 Å². The molecule has 184 valence electrons. The average Bonchev–Trinajstić information content (AvgIpc) is 3.65. The third-order valence-corrected chi connectivity index (χ3v) is 7.24. The van der Waals surface area contributed by atoms with E-state index in [9.17, 15) is 26.4 Å². The highest BCUT2D eigenvalue weighted by Crippen LogP contribution is 2.31. The van der Waals surface area contributed by atoms with Crippen molar-refractivity contribution in [3.63, 3.8) is 0 Å². The van der Waals surface area contributed by atoms with E-state index < -0.39 is 38.5 Å². The number of amides is 1. The third kappa shape index (κ3) is 5.56. The van der Waals surface area contributed by atoms with Gasteiger partial charge in [-0.3, -0.25) is 14.5 Å². The van der Waals surface area contributed by atoms with E-state index in [0.717, 1.165) is 0 Å². The van der Waals surface area contributed by atoms with Crippen molar-refractivity contribution in [2.45, 2.75) is 43.5 Å². The summed E-state index contributed by atoms with van der Waals surface area (Å²) in [5.74, 6) is -0.541. The highest BCUT2D eigenvalue weighted by molar-refractivity contribution is 7.93. The van der Waals surface area contributed by atoms with Gasteiger partial charge in [-0.2, -0.15) is 13.2 Å². The highest BCUT2D eigenvalue weighted by atomic mass is 32.2. The molecule has 0 unspecified atom stereocenters. The van der Waals surface area contributed by atoms with E-state index in [2.05, 4.69) is 30.0 Å². The molecule has 2 aromatic heterocycles. The summed E-state index contributed by atoms with van der Waals surface area (Å²) in [6.07, 6.45) is -0.205. The van der Waals surface area contributed by atoms with Crippen LogP contribution in [0.15, 0.2) is 48.9 Å². The fourth-order valence-electron chi connectivity index (χ4n) is 3.11. The molecule has 4 rings (SSSR count). The molecule has 9 nitrogen and oxygen atoms in total. The van der Waals surface area contributed by atoms with Gasteiger partial charge in [0.15, 0.2) is 5.69 Å². The standard InChI is InChI=1S/C22H21F3N6O3S/c1-21(2,17-9-10-27-20(30-17)31-35(33,34)15-7-8-15)19(32)28-14-5-3-13(4-6-14)16-11-26-12-18(29-16)22(23,24)25/h3-6,9-12,15H,7-8H2,1-2H3,(H,28,32)(H,27,30,31). The van der Waals surface area contributed by atoms with Crippen molar-refractivity contribution in [1.82, 2.24) is 19.9 Å². The van der Waals surface area contributed by atoms with Crippen molar-refractivity contribution in [3.8, 4) is 11.3 Å². The van der Waals surface area contributed by atoms with E-state index >= 15 is 0 Å². The Labute approximate surface area is 199 Å². The number of aromatic nitrogens is 4. The number of alkyl halides is 3. The maximum Gasteiger partial charge on any atom is 0.434 e. The number of carbonyl (C=O) groups is 1. The number of hydrogen-bond acceptors (Lipinski definition) is 7. The second kappa shape index (κ2) is 8.87. The smallest absolute Gasteiger partial charge is 0.325 e. The van der Waals surface area contributed by atoms with Gasteiger partial charge in [-0.15, -0.1) is 0 Å². The van der Waals surface area contributed by atoms with Gasteiger partial charge in [-0.1, -0.05) is 12.1 Å². The van der Waals surface area contributed by atoms with Gasteiger partial charge >= 0.3 is 6.18 Å². The van der Waals surface area contributed by atoms with Crippen LogP contribution in [0.2, 0.25) is 0 Å². The molecule has 0 bridgehead atoms. The molecule has 35 heavy (non-hydrogen) atoms. The zero-order chi connectivity index (χ0) is 25.4. The van der Waals surface area contributed by atoms with Crippen LogP contribution in [0.25, 0.3) is 11.3 Å². The van der Waals surface area contributed by atoms with Crippen molar-refractivity contribution in [2.24, 2.45) is 0 Å². The molecule has 1 saturated carbocycles. The number of nitrogens with zero attached hydrogens (tertiary/aromatic N) is 4. The summed E-state index contributed by atoms with van der Waals surface area (Å²) in [4.78, 5) is 28.3. The number of hydrogen-bond donors (Lipinski definition) is 2. The fourth-order valence-corrected chi connectivity index (χ4v) is 4.39. The van der Waals surface area contributed by atoms with Crippen LogP contribution in [0.4, 0.5) is 24.8 Å². The van der Waals surface area contributed by atoms with E-state index in [4.69, 9.17) is 0 Å². The first-order chi connectivity index (χ1) is 16.4. The third-order valence-electron chi connectivity index (χ3n) is 5.42. The summed E-state index contributed by atoms with van der Waals surface area (Å²) in [5.41, 5.74) is -1.12. The molecule has 0 atom stereocenters. The Bertz CT molecular complexity index is 1360. The molecule has 0 spiro atoms. The molecule has 0 radical (unpaired) electrons. The zero-order valence-electron chi connectivity index (χ0n) is 18.7. The van der Waals surface area contributed by atoms with Crippen LogP contribution in [-0.4, -0.2) is 39.5 Å². The Morgan fingerprint density at radius 3 is 2.31 bits per heavy atom. The van der Waals surface area contributed by atoms with E-state index in [1.807, 2.05) is 0 Å². The molecule has 2 heterocycles. The summed E-state index contributed by atoms with van der Waals surface area (Å²) in [6, 6.07) is 7.61. The number of nitrogens with one attached hydrogen (secondary N) is 2. The molecule has 0 saturated heterocycles. The van der Waals surface area contributed by atoms with Crippen molar-refractivity contribution in [3.05, 3.63) is 60.3 Å². The zero-order valence-corrected chi connectivity index (χ0v) is 19.5. The molecule has 3 aromatic rings. The summed E-state index contributed by atoms with van der Waals surface area (Å²) in [7, 11) is -3.56. The first-order valence-electron chi connectivity index (χ1n) is 10.5. The van der Waals surface area contributed by atoms with Crippen LogP contribution >= 0.6 is 0 Å². The largest absolute Gasteiger partial charge is 0.434 e. The van der Waals surface area contributed by atoms with Gasteiger partial charge in [0.1, 0.15) is 0 Å². The average molecular weight is 507 g/mol. The normalized spacial score (nSPS) is 14.4. The second-order valence-corrected chi connectivity index (χ2v) is 10.5. The first-order valence-corrected chi connectivity index (χ1v) is 12.1. The Kier molecular flexibility index (Phi) is 6.21. The lowest BCUT2D eigenvalue weighted by Gasteiger charge is -2.23. The minimum absolute atomic E-state index is 0.0418. The van der Waals surface area contributed by atoms with Crippen molar-refractivity contribution in [2.75, 3.05) is 10.0 Å². The van der Waals surface area contributed by atoms with Gasteiger partial charge in [0, 0.05) is 17.4 Å². The van der Waals surface area contributed by atoms with Gasteiger partial charge in [0.05, 0.1) is 34.4 Å². The highest BCUT2D eigenvalue weighted by Gasteiger charge is 2.37. The van der Waals surface area contributed by atoms with Gasteiger partial charge in [-0.05, 0) is 44.9 Å². The van der Waals surface area contributed by atoms with E-state index in [1.54, 1.807) is 13.8 Å². The van der Waals surface area contributed by atoms with E-state index in [1.165, 1.54) is 42.7 Å². The molecule has 0 aliphatic heterocycles. The molecule has 1 fully saturated rings. The van der Waals surface area contributed by atoms with Crippen molar-refractivity contribution >= 4 is 27.6 Å². The number of halogens is 3. The summed E-state index contributed by atoms with van der Waals surface area (Å²) >= 11 is 0. The van der Waals surface area contributed by atoms with Crippen LogP contribution in [0.3, 0.4) is 0 Å². The Morgan fingerprint density at radius 2 is 1.69 bits per heavy atom. The van der Waals surface area contributed by atoms with Crippen LogP contribution in [0, 0.1) is 0 Å². The van der Waals surface area contributed by atoms with Crippen LogP contribution < -0.4 is 10.0 Å². The van der Waals surface area contributed by atoms with Crippen molar-refractivity contribution in [1.29, 1.82) is 0 Å². The maximum atomic E-state index is 13.0. The minimum Gasteiger partial charge on any atom is -0.325 e. The fraction of sp³-hybridized carbons (Fsp3) is 0.318. The quantitative estimate of drug-likeness (QED) is 0.499. The number of benzene rings is 1. The van der Waals surface area contributed by atoms with Gasteiger partial charge < -0.3 is 5.32 Å².